The summed E-state index contributed by atoms with van der Waals surface area (Å²) in [6, 6.07) is 2.12. The van der Waals surface area contributed by atoms with Crippen molar-refractivity contribution in [2.45, 2.75) is 6.67 Å². The molecule has 2 aromatic rings. The topological polar surface area (TPSA) is 45.8 Å². The predicted octanol–water partition coefficient (Wildman–Crippen LogP) is 1.53. The number of alkyl halides is 1. The lowest BCUT2D eigenvalue weighted by atomic mass is 10.1. The summed E-state index contributed by atoms with van der Waals surface area (Å²) in [6.45, 7) is -0.820. The highest BCUT2D eigenvalue weighted by Crippen LogP contribution is 2.17. The molecule has 0 saturated carbocycles. The molecule has 1 heterocycles. The lowest BCUT2D eigenvalue weighted by Crippen LogP contribution is -2.08. The van der Waals surface area contributed by atoms with Crippen LogP contribution in [0.25, 0.3) is 10.8 Å². The molecule has 0 radical (unpaired) electrons. The maximum atomic E-state index is 12.9. The average molecular weight is 196 g/mol. The Labute approximate surface area is 77.4 Å². The second kappa shape index (κ2) is 3.17. The molecule has 0 fully saturated rings. The van der Waals surface area contributed by atoms with Crippen molar-refractivity contribution < 1.29 is 8.78 Å². The van der Waals surface area contributed by atoms with Crippen molar-refractivity contribution in [2.75, 3.05) is 0 Å². The van der Waals surface area contributed by atoms with E-state index in [9.17, 15) is 13.6 Å². The largest absolute Gasteiger partial charge is 0.272 e. The fourth-order valence-corrected chi connectivity index (χ4v) is 1.34. The van der Waals surface area contributed by atoms with Crippen molar-refractivity contribution in [1.82, 2.24) is 10.2 Å². The fourth-order valence-electron chi connectivity index (χ4n) is 1.34. The molecule has 0 aliphatic rings. The molecule has 0 aliphatic carbocycles. The zero-order valence-electron chi connectivity index (χ0n) is 7.05. The first-order valence-corrected chi connectivity index (χ1v) is 3.94. The predicted molar refractivity (Wildman–Crippen MR) is 47.1 cm³/mol. The van der Waals surface area contributed by atoms with Gasteiger partial charge in [-0.25, -0.2) is 13.9 Å². The van der Waals surface area contributed by atoms with Crippen molar-refractivity contribution in [3.05, 3.63) is 40.1 Å². The van der Waals surface area contributed by atoms with Crippen molar-refractivity contribution in [3.63, 3.8) is 0 Å². The lowest BCUT2D eigenvalue weighted by Gasteiger charge is -2.01. The molecule has 0 spiro atoms. The normalized spacial score (nSPS) is 10.7. The minimum absolute atomic E-state index is 0.118. The van der Waals surface area contributed by atoms with Gasteiger partial charge in [0, 0.05) is 5.39 Å². The van der Waals surface area contributed by atoms with Crippen LogP contribution in [0.3, 0.4) is 0 Å². The molecule has 0 unspecified atom stereocenters. The second-order valence-corrected chi connectivity index (χ2v) is 2.86. The monoisotopic (exact) mass is 196 g/mol. The molecule has 2 rings (SSSR count). The number of halogens is 2. The Bertz CT molecular complexity index is 536. The Morgan fingerprint density at radius 3 is 2.86 bits per heavy atom. The summed E-state index contributed by atoms with van der Waals surface area (Å²) < 4.78 is 25.4. The minimum atomic E-state index is -0.820. The number of rotatable bonds is 1. The highest BCUT2D eigenvalue weighted by molar-refractivity contribution is 5.83. The van der Waals surface area contributed by atoms with Gasteiger partial charge in [0.1, 0.15) is 12.5 Å². The summed E-state index contributed by atoms with van der Waals surface area (Å²) in [4.78, 5) is 11.2. The minimum Gasteiger partial charge on any atom is -0.267 e. The molecule has 0 bridgehead atoms. The average Bonchev–Trinajstić information content (AvgIpc) is 2.18. The number of benzene rings is 1. The maximum Gasteiger partial charge on any atom is 0.272 e. The zero-order chi connectivity index (χ0) is 10.1. The number of H-pyrrole nitrogens is 1. The Morgan fingerprint density at radius 1 is 1.36 bits per heavy atom. The lowest BCUT2D eigenvalue weighted by molar-refractivity contribution is 0.485. The van der Waals surface area contributed by atoms with Gasteiger partial charge in [-0.05, 0) is 17.7 Å². The van der Waals surface area contributed by atoms with Gasteiger partial charge in [0.15, 0.2) is 0 Å². The number of aromatic nitrogens is 2. The van der Waals surface area contributed by atoms with Gasteiger partial charge in [0.05, 0.1) is 11.6 Å². The van der Waals surface area contributed by atoms with Crippen LogP contribution < -0.4 is 5.56 Å². The number of nitrogens with zero attached hydrogens (tertiary/aromatic N) is 1. The van der Waals surface area contributed by atoms with Gasteiger partial charge >= 0.3 is 0 Å². The van der Waals surface area contributed by atoms with E-state index in [0.717, 1.165) is 12.1 Å². The number of nitrogens with one attached hydrogen (secondary N) is 1. The van der Waals surface area contributed by atoms with E-state index < -0.39 is 18.1 Å². The Balaban J connectivity index is 2.95. The number of hydrogen-bond donors (Lipinski definition) is 1. The van der Waals surface area contributed by atoms with Gasteiger partial charge in [-0.1, -0.05) is 0 Å². The van der Waals surface area contributed by atoms with Gasteiger partial charge in [-0.2, -0.15) is 5.10 Å². The summed E-state index contributed by atoms with van der Waals surface area (Å²) >= 11 is 0. The van der Waals surface area contributed by atoms with E-state index in [1.807, 2.05) is 0 Å². The van der Waals surface area contributed by atoms with Gasteiger partial charge < -0.3 is 0 Å². The van der Waals surface area contributed by atoms with Crippen LogP contribution in [0.2, 0.25) is 0 Å². The van der Waals surface area contributed by atoms with Crippen molar-refractivity contribution >= 4 is 10.8 Å². The molecular formula is C9H6F2N2O. The van der Waals surface area contributed by atoms with Crippen LogP contribution in [0.1, 0.15) is 5.56 Å². The quantitative estimate of drug-likeness (QED) is 0.751. The van der Waals surface area contributed by atoms with Gasteiger partial charge in [0.2, 0.25) is 0 Å². The molecular weight excluding hydrogens is 190 g/mol. The van der Waals surface area contributed by atoms with Gasteiger partial charge in [0.25, 0.3) is 5.56 Å². The summed E-state index contributed by atoms with van der Waals surface area (Å²) in [5, 5.41) is 6.15. The molecule has 0 aliphatic heterocycles. The first-order valence-electron chi connectivity index (χ1n) is 3.94. The van der Waals surface area contributed by atoms with Crippen LogP contribution >= 0.6 is 0 Å². The van der Waals surface area contributed by atoms with Gasteiger partial charge in [-0.3, -0.25) is 4.79 Å². The van der Waals surface area contributed by atoms with E-state index in [2.05, 4.69) is 10.2 Å². The number of aromatic amines is 1. The van der Waals surface area contributed by atoms with Crippen LogP contribution in [0, 0.1) is 5.82 Å². The molecule has 14 heavy (non-hydrogen) atoms. The Hall–Kier alpha value is -1.78. The van der Waals surface area contributed by atoms with Crippen LogP contribution in [0.15, 0.2) is 23.1 Å². The van der Waals surface area contributed by atoms with E-state index in [4.69, 9.17) is 0 Å². The maximum absolute atomic E-state index is 12.9. The highest BCUT2D eigenvalue weighted by atomic mass is 19.1. The van der Waals surface area contributed by atoms with E-state index in [0.29, 0.717) is 5.39 Å². The molecule has 5 heteroatoms. The van der Waals surface area contributed by atoms with E-state index in [1.54, 1.807) is 0 Å². The molecule has 72 valence electrons. The first kappa shape index (κ1) is 8.80. The van der Waals surface area contributed by atoms with E-state index in [-0.39, 0.29) is 10.9 Å². The highest BCUT2D eigenvalue weighted by Gasteiger charge is 2.06. The molecule has 0 amide bonds. The van der Waals surface area contributed by atoms with Crippen LogP contribution in [-0.2, 0) is 6.67 Å². The summed E-state index contributed by atoms with van der Waals surface area (Å²) in [5.74, 6) is -0.623. The van der Waals surface area contributed by atoms with Crippen LogP contribution in [0.5, 0.6) is 0 Å². The zero-order valence-corrected chi connectivity index (χ0v) is 7.05. The summed E-state index contributed by atoms with van der Waals surface area (Å²) in [7, 11) is 0. The molecule has 0 saturated heterocycles. The van der Waals surface area contributed by atoms with Crippen LogP contribution in [0.4, 0.5) is 8.78 Å². The fraction of sp³-hybridized carbons (Fsp3) is 0.111. The van der Waals surface area contributed by atoms with E-state index >= 15 is 0 Å². The summed E-state index contributed by atoms with van der Waals surface area (Å²) in [6.07, 6.45) is 1.31. The number of hydrogen-bond acceptors (Lipinski definition) is 2. The third kappa shape index (κ3) is 1.26. The van der Waals surface area contributed by atoms with E-state index in [1.165, 1.54) is 6.20 Å². The molecule has 1 aromatic carbocycles. The third-order valence-corrected chi connectivity index (χ3v) is 1.98. The Morgan fingerprint density at radius 2 is 2.14 bits per heavy atom. The molecule has 1 N–H and O–H groups in total. The molecule has 3 nitrogen and oxygen atoms in total. The first-order chi connectivity index (χ1) is 6.72. The van der Waals surface area contributed by atoms with Crippen LogP contribution in [-0.4, -0.2) is 10.2 Å². The number of fused-ring (bicyclic) bond motifs is 1. The molecule has 1 aromatic heterocycles. The van der Waals surface area contributed by atoms with Crippen molar-refractivity contribution in [3.8, 4) is 0 Å². The smallest absolute Gasteiger partial charge is 0.267 e. The standard InChI is InChI=1S/C9H6F2N2O/c10-3-5-1-6(11)2-7-8(5)4-12-13-9(7)14/h1-2,4H,3H2,(H,13,14). The SMILES string of the molecule is O=c1[nH]ncc2c(CF)cc(F)cc12. The Kier molecular flexibility index (Phi) is 1.99. The third-order valence-electron chi connectivity index (χ3n) is 1.98. The molecule has 0 atom stereocenters. The van der Waals surface area contributed by atoms with Crippen molar-refractivity contribution in [1.29, 1.82) is 0 Å². The summed E-state index contributed by atoms with van der Waals surface area (Å²) in [5.41, 5.74) is -0.379. The second-order valence-electron chi connectivity index (χ2n) is 2.86. The van der Waals surface area contributed by atoms with Crippen molar-refractivity contribution in [2.24, 2.45) is 0 Å². The van der Waals surface area contributed by atoms with Gasteiger partial charge in [-0.15, -0.1) is 0 Å².